The van der Waals surface area contributed by atoms with Gasteiger partial charge in [-0.1, -0.05) is 0 Å². The van der Waals surface area contributed by atoms with Gasteiger partial charge in [-0.05, 0) is 37.2 Å². The summed E-state index contributed by atoms with van der Waals surface area (Å²) in [5, 5.41) is 6.79. The van der Waals surface area contributed by atoms with Crippen molar-refractivity contribution in [2.45, 2.75) is 32.1 Å². The maximum atomic E-state index is 13.5. The van der Waals surface area contributed by atoms with Gasteiger partial charge in [0.2, 0.25) is 0 Å². The first-order valence-corrected chi connectivity index (χ1v) is 7.38. The minimum atomic E-state index is -0.750. The van der Waals surface area contributed by atoms with Crippen molar-refractivity contribution in [3.63, 3.8) is 0 Å². The summed E-state index contributed by atoms with van der Waals surface area (Å²) in [5.41, 5.74) is 0. The zero-order valence-corrected chi connectivity index (χ0v) is 12.5. The molecule has 1 aromatic carbocycles. The van der Waals surface area contributed by atoms with Crippen molar-refractivity contribution in [1.29, 1.82) is 0 Å². The molecular weight excluding hydrogens is 312 g/mol. The number of nitrogens with one attached hydrogen (secondary N) is 1. The molecule has 0 radical (unpaired) electrons. The fourth-order valence-electron chi connectivity index (χ4n) is 2.38. The SMILES string of the molecule is Fc1ccc(OCc2n[nH]c(=S)n2CC2CCCO2)c(F)c1. The summed E-state index contributed by atoms with van der Waals surface area (Å²) in [6.45, 7) is 1.37. The van der Waals surface area contributed by atoms with Crippen LogP contribution in [0, 0.1) is 16.4 Å². The van der Waals surface area contributed by atoms with E-state index in [1.807, 2.05) is 0 Å². The van der Waals surface area contributed by atoms with Gasteiger partial charge in [0.25, 0.3) is 0 Å². The van der Waals surface area contributed by atoms with Crippen LogP contribution in [0.3, 0.4) is 0 Å². The highest BCUT2D eigenvalue weighted by Gasteiger charge is 2.19. The number of halogens is 2. The van der Waals surface area contributed by atoms with Crippen molar-refractivity contribution in [1.82, 2.24) is 14.8 Å². The van der Waals surface area contributed by atoms with E-state index in [1.165, 1.54) is 6.07 Å². The number of hydrogen-bond donors (Lipinski definition) is 1. The lowest BCUT2D eigenvalue weighted by Gasteiger charge is -2.13. The molecule has 0 amide bonds. The smallest absolute Gasteiger partial charge is 0.195 e. The number of aromatic nitrogens is 3. The van der Waals surface area contributed by atoms with Crippen molar-refractivity contribution in [2.75, 3.05) is 6.61 Å². The standard InChI is InChI=1S/C14H15F2N3O2S/c15-9-3-4-12(11(16)6-9)21-8-13-17-18-14(22)19(13)7-10-2-1-5-20-10/h3-4,6,10H,1-2,5,7-8H2,(H,18,22). The second kappa shape index (κ2) is 6.53. The van der Waals surface area contributed by atoms with Crippen molar-refractivity contribution in [3.05, 3.63) is 40.4 Å². The lowest BCUT2D eigenvalue weighted by atomic mass is 10.2. The maximum absolute atomic E-state index is 13.5. The molecule has 0 aliphatic carbocycles. The minimum absolute atomic E-state index is 0.0287. The van der Waals surface area contributed by atoms with E-state index in [0.717, 1.165) is 31.6 Å². The van der Waals surface area contributed by atoms with E-state index in [4.69, 9.17) is 21.7 Å². The van der Waals surface area contributed by atoms with Crippen LogP contribution in [-0.4, -0.2) is 27.5 Å². The molecule has 5 nitrogen and oxygen atoms in total. The number of hydrogen-bond acceptors (Lipinski definition) is 4. The number of rotatable bonds is 5. The molecule has 2 aromatic rings. The number of aromatic amines is 1. The van der Waals surface area contributed by atoms with Gasteiger partial charge in [-0.2, -0.15) is 5.10 Å². The molecule has 2 heterocycles. The molecule has 3 rings (SSSR count). The molecule has 0 spiro atoms. The largest absolute Gasteiger partial charge is 0.483 e. The Morgan fingerprint density at radius 2 is 2.32 bits per heavy atom. The van der Waals surface area contributed by atoms with Gasteiger partial charge in [0.05, 0.1) is 12.6 Å². The van der Waals surface area contributed by atoms with E-state index in [2.05, 4.69) is 10.2 Å². The molecule has 1 aliphatic heterocycles. The second-order valence-corrected chi connectivity index (χ2v) is 5.44. The number of benzene rings is 1. The van der Waals surface area contributed by atoms with Crippen molar-refractivity contribution >= 4 is 12.2 Å². The van der Waals surface area contributed by atoms with E-state index in [-0.39, 0.29) is 18.5 Å². The number of ether oxygens (including phenoxy) is 2. The first kappa shape index (κ1) is 15.1. The lowest BCUT2D eigenvalue weighted by molar-refractivity contribution is 0.0948. The molecule has 1 aromatic heterocycles. The Labute approximate surface area is 130 Å². The summed E-state index contributed by atoms with van der Waals surface area (Å²) in [6, 6.07) is 3.16. The summed E-state index contributed by atoms with van der Waals surface area (Å²) in [6.07, 6.45) is 2.10. The molecule has 118 valence electrons. The summed E-state index contributed by atoms with van der Waals surface area (Å²) in [5.74, 6) is -0.881. The normalized spacial score (nSPS) is 17.8. The Morgan fingerprint density at radius 1 is 1.45 bits per heavy atom. The van der Waals surface area contributed by atoms with Crippen LogP contribution < -0.4 is 4.74 Å². The molecule has 1 saturated heterocycles. The molecule has 0 bridgehead atoms. The van der Waals surface area contributed by atoms with Gasteiger partial charge in [-0.3, -0.25) is 9.67 Å². The van der Waals surface area contributed by atoms with Crippen LogP contribution in [0.5, 0.6) is 5.75 Å². The molecule has 8 heteroatoms. The van der Waals surface area contributed by atoms with E-state index in [0.29, 0.717) is 17.1 Å². The molecular formula is C14H15F2N3O2S. The van der Waals surface area contributed by atoms with Crippen LogP contribution in [0.25, 0.3) is 0 Å². The fourth-order valence-corrected chi connectivity index (χ4v) is 2.60. The molecule has 1 atom stereocenters. The van der Waals surface area contributed by atoms with Crippen LogP contribution in [0.2, 0.25) is 0 Å². The van der Waals surface area contributed by atoms with E-state index in [1.54, 1.807) is 4.57 Å². The Morgan fingerprint density at radius 3 is 3.05 bits per heavy atom. The van der Waals surface area contributed by atoms with Gasteiger partial charge in [-0.25, -0.2) is 8.78 Å². The van der Waals surface area contributed by atoms with Gasteiger partial charge in [0.1, 0.15) is 12.4 Å². The van der Waals surface area contributed by atoms with Crippen molar-refractivity contribution in [2.24, 2.45) is 0 Å². The molecule has 1 N–H and O–H groups in total. The predicted molar refractivity (Wildman–Crippen MR) is 77.1 cm³/mol. The van der Waals surface area contributed by atoms with Gasteiger partial charge in [-0.15, -0.1) is 0 Å². The third-order valence-corrected chi connectivity index (χ3v) is 3.81. The zero-order valence-electron chi connectivity index (χ0n) is 11.7. The average Bonchev–Trinajstić information content (AvgIpc) is 3.11. The van der Waals surface area contributed by atoms with Crippen LogP contribution in [0.1, 0.15) is 18.7 Å². The topological polar surface area (TPSA) is 52.1 Å². The first-order valence-electron chi connectivity index (χ1n) is 6.97. The Hall–Kier alpha value is -1.80. The maximum Gasteiger partial charge on any atom is 0.195 e. The number of nitrogens with zero attached hydrogens (tertiary/aromatic N) is 2. The Kier molecular flexibility index (Phi) is 4.49. The Balaban J connectivity index is 1.71. The highest BCUT2D eigenvalue weighted by molar-refractivity contribution is 7.71. The molecule has 1 fully saturated rings. The van der Waals surface area contributed by atoms with Gasteiger partial charge < -0.3 is 9.47 Å². The molecule has 0 saturated carbocycles. The first-order chi connectivity index (χ1) is 10.6. The number of H-pyrrole nitrogens is 1. The van der Waals surface area contributed by atoms with Gasteiger partial charge in [0, 0.05) is 12.7 Å². The highest BCUT2D eigenvalue weighted by Crippen LogP contribution is 2.19. The van der Waals surface area contributed by atoms with Crippen molar-refractivity contribution < 1.29 is 18.3 Å². The fraction of sp³-hybridized carbons (Fsp3) is 0.429. The minimum Gasteiger partial charge on any atom is -0.483 e. The monoisotopic (exact) mass is 327 g/mol. The van der Waals surface area contributed by atoms with Crippen LogP contribution in [-0.2, 0) is 17.9 Å². The zero-order chi connectivity index (χ0) is 15.5. The Bertz CT molecular complexity index is 710. The summed E-state index contributed by atoms with van der Waals surface area (Å²) in [7, 11) is 0. The summed E-state index contributed by atoms with van der Waals surface area (Å²) >= 11 is 5.19. The molecule has 1 aliphatic rings. The van der Waals surface area contributed by atoms with Crippen LogP contribution in [0.4, 0.5) is 8.78 Å². The quantitative estimate of drug-likeness (QED) is 0.858. The summed E-state index contributed by atoms with van der Waals surface area (Å²) < 4.78 is 39.6. The van der Waals surface area contributed by atoms with E-state index in [9.17, 15) is 8.78 Å². The molecule has 1 unspecified atom stereocenters. The lowest BCUT2D eigenvalue weighted by Crippen LogP contribution is -2.18. The van der Waals surface area contributed by atoms with Crippen LogP contribution in [0.15, 0.2) is 18.2 Å². The molecule has 22 heavy (non-hydrogen) atoms. The summed E-state index contributed by atoms with van der Waals surface area (Å²) in [4.78, 5) is 0. The third kappa shape index (κ3) is 3.33. The van der Waals surface area contributed by atoms with Crippen molar-refractivity contribution in [3.8, 4) is 5.75 Å². The van der Waals surface area contributed by atoms with E-state index < -0.39 is 11.6 Å². The van der Waals surface area contributed by atoms with Gasteiger partial charge >= 0.3 is 0 Å². The average molecular weight is 327 g/mol. The third-order valence-electron chi connectivity index (χ3n) is 3.50. The second-order valence-electron chi connectivity index (χ2n) is 5.05. The van der Waals surface area contributed by atoms with Gasteiger partial charge in [0.15, 0.2) is 22.2 Å². The highest BCUT2D eigenvalue weighted by atomic mass is 32.1. The van der Waals surface area contributed by atoms with Crippen LogP contribution >= 0.6 is 12.2 Å². The predicted octanol–water partition coefficient (Wildman–Crippen LogP) is 2.98. The van der Waals surface area contributed by atoms with E-state index >= 15 is 0 Å².